The highest BCUT2D eigenvalue weighted by atomic mass is 15.1. The van der Waals surface area contributed by atoms with Gasteiger partial charge < -0.3 is 4.90 Å². The molecule has 10 rings (SSSR count). The Hall–Kier alpha value is -6.18. The number of hydrogen-bond acceptors (Lipinski definition) is 1. The highest BCUT2D eigenvalue weighted by Gasteiger charge is 2.39. The first-order valence-corrected chi connectivity index (χ1v) is 18.8. The van der Waals surface area contributed by atoms with Crippen molar-refractivity contribution in [1.82, 2.24) is 0 Å². The molecule has 0 fully saturated rings. The van der Waals surface area contributed by atoms with E-state index in [2.05, 4.69) is 209 Å². The molecule has 8 aromatic rings. The molecule has 0 radical (unpaired) electrons. The van der Waals surface area contributed by atoms with Crippen molar-refractivity contribution in [3.63, 3.8) is 0 Å². The first kappa shape index (κ1) is 31.5. The van der Waals surface area contributed by atoms with Gasteiger partial charge in [0.2, 0.25) is 0 Å². The minimum atomic E-state index is -0.149. The Bertz CT molecular complexity index is 2700. The minimum Gasteiger partial charge on any atom is -0.310 e. The van der Waals surface area contributed by atoms with Crippen LogP contribution in [0.5, 0.6) is 0 Å². The van der Waals surface area contributed by atoms with Gasteiger partial charge in [0, 0.05) is 27.6 Å². The van der Waals surface area contributed by atoms with Crippen molar-refractivity contribution in [2.45, 2.75) is 38.5 Å². The lowest BCUT2D eigenvalue weighted by molar-refractivity contribution is 0.660. The Morgan fingerprint density at radius 2 is 0.906 bits per heavy atom. The molecule has 0 bridgehead atoms. The highest BCUT2D eigenvalue weighted by molar-refractivity contribution is 6.13. The smallest absolute Gasteiger partial charge is 0.0546 e. The Balaban J connectivity index is 1.27. The molecule has 0 aliphatic heterocycles. The van der Waals surface area contributed by atoms with Crippen molar-refractivity contribution in [3.05, 3.63) is 198 Å². The zero-order valence-corrected chi connectivity index (χ0v) is 30.7. The second kappa shape index (κ2) is 11.7. The van der Waals surface area contributed by atoms with Crippen LogP contribution in [-0.2, 0) is 10.8 Å². The summed E-state index contributed by atoms with van der Waals surface area (Å²) in [6, 6.07) is 65.2. The van der Waals surface area contributed by atoms with E-state index in [4.69, 9.17) is 0 Å². The van der Waals surface area contributed by atoms with Gasteiger partial charge in [-0.2, -0.15) is 0 Å². The average molecular weight is 680 g/mol. The number of benzene rings is 8. The second-order valence-corrected chi connectivity index (χ2v) is 15.7. The van der Waals surface area contributed by atoms with Gasteiger partial charge in [0.1, 0.15) is 0 Å². The van der Waals surface area contributed by atoms with Crippen molar-refractivity contribution in [3.8, 4) is 44.5 Å². The van der Waals surface area contributed by atoms with Crippen LogP contribution in [0.4, 0.5) is 17.1 Å². The SMILES string of the molecule is CC1(C)c2ccccc2-c2ccc(N(c3ccc(-c4ccccc4)cc3)c3cccc4c5c(cc(-c6ccccc6)c34)-c3ccccc3C5(C)C)cc21. The van der Waals surface area contributed by atoms with Crippen LogP contribution in [0.2, 0.25) is 0 Å². The molecule has 0 atom stereocenters. The summed E-state index contributed by atoms with van der Waals surface area (Å²) in [4.78, 5) is 2.50. The Kier molecular flexibility index (Phi) is 6.94. The Morgan fingerprint density at radius 1 is 0.358 bits per heavy atom. The fraction of sp³-hybridized carbons (Fsp3) is 0.115. The molecule has 8 aromatic carbocycles. The van der Waals surface area contributed by atoms with Gasteiger partial charge in [-0.25, -0.2) is 0 Å². The molecule has 0 amide bonds. The van der Waals surface area contributed by atoms with Gasteiger partial charge in [-0.05, 0) is 109 Å². The van der Waals surface area contributed by atoms with Gasteiger partial charge in [-0.1, -0.05) is 167 Å². The number of nitrogens with zero attached hydrogens (tertiary/aromatic N) is 1. The third kappa shape index (κ3) is 4.70. The van der Waals surface area contributed by atoms with E-state index in [1.165, 1.54) is 83.2 Å². The molecule has 0 unspecified atom stereocenters. The lowest BCUT2D eigenvalue weighted by atomic mass is 9.79. The summed E-state index contributed by atoms with van der Waals surface area (Å²) in [7, 11) is 0. The van der Waals surface area contributed by atoms with E-state index in [-0.39, 0.29) is 10.8 Å². The molecule has 2 aliphatic rings. The summed E-state index contributed by atoms with van der Waals surface area (Å²) in [6.45, 7) is 9.53. The molecule has 53 heavy (non-hydrogen) atoms. The first-order chi connectivity index (χ1) is 25.8. The molecule has 0 saturated carbocycles. The van der Waals surface area contributed by atoms with Crippen molar-refractivity contribution < 1.29 is 0 Å². The van der Waals surface area contributed by atoms with E-state index < -0.39 is 0 Å². The molecular formula is C52H41N. The molecule has 254 valence electrons. The lowest BCUT2D eigenvalue weighted by Crippen LogP contribution is -2.17. The van der Waals surface area contributed by atoms with Gasteiger partial charge in [0.15, 0.2) is 0 Å². The van der Waals surface area contributed by atoms with Crippen molar-refractivity contribution in [1.29, 1.82) is 0 Å². The fourth-order valence-electron chi connectivity index (χ4n) is 9.47. The molecule has 0 spiro atoms. The van der Waals surface area contributed by atoms with Crippen LogP contribution in [-0.4, -0.2) is 0 Å². The van der Waals surface area contributed by atoms with Crippen molar-refractivity contribution in [2.75, 3.05) is 4.90 Å². The second-order valence-electron chi connectivity index (χ2n) is 15.7. The molecule has 0 saturated heterocycles. The molecule has 1 heteroatoms. The van der Waals surface area contributed by atoms with E-state index in [1.54, 1.807) is 0 Å². The molecular weight excluding hydrogens is 639 g/mol. The van der Waals surface area contributed by atoms with E-state index >= 15 is 0 Å². The maximum atomic E-state index is 2.50. The maximum Gasteiger partial charge on any atom is 0.0546 e. The molecule has 0 heterocycles. The summed E-state index contributed by atoms with van der Waals surface area (Å²) in [5, 5.41) is 2.58. The normalized spacial score (nSPS) is 14.3. The summed E-state index contributed by atoms with van der Waals surface area (Å²) in [5.74, 6) is 0. The van der Waals surface area contributed by atoms with Gasteiger partial charge in [-0.3, -0.25) is 0 Å². The van der Waals surface area contributed by atoms with Crippen molar-refractivity contribution in [2.24, 2.45) is 0 Å². The predicted molar refractivity (Wildman–Crippen MR) is 225 cm³/mol. The standard InChI is InChI=1S/C52H41N/c1-51(2)45-23-13-11-20-39(45)41-31-30-38(32-47(41)51)53(37-28-26-35(27-29-37)34-16-7-5-8-17-34)48-25-15-22-42-49(48)43(36-18-9-6-10-19-36)33-44-40-21-12-14-24-46(40)52(3,4)50(42)44/h5-33H,1-4H3. The van der Waals surface area contributed by atoms with Crippen LogP contribution in [0.15, 0.2) is 176 Å². The van der Waals surface area contributed by atoms with Gasteiger partial charge in [0.25, 0.3) is 0 Å². The van der Waals surface area contributed by atoms with E-state index in [0.29, 0.717) is 0 Å². The van der Waals surface area contributed by atoms with Crippen LogP contribution >= 0.6 is 0 Å². The van der Waals surface area contributed by atoms with Crippen LogP contribution < -0.4 is 4.90 Å². The highest BCUT2D eigenvalue weighted by Crippen LogP contribution is 2.56. The average Bonchev–Trinajstić information content (AvgIpc) is 3.58. The first-order valence-electron chi connectivity index (χ1n) is 18.8. The quantitative estimate of drug-likeness (QED) is 0.175. The summed E-state index contributed by atoms with van der Waals surface area (Å²) in [5.41, 5.74) is 19.0. The van der Waals surface area contributed by atoms with Crippen LogP contribution in [0.1, 0.15) is 49.9 Å². The van der Waals surface area contributed by atoms with E-state index in [9.17, 15) is 0 Å². The van der Waals surface area contributed by atoms with E-state index in [1.807, 2.05) is 0 Å². The summed E-state index contributed by atoms with van der Waals surface area (Å²) >= 11 is 0. The zero-order chi connectivity index (χ0) is 35.9. The van der Waals surface area contributed by atoms with E-state index in [0.717, 1.165) is 11.4 Å². The number of fused-ring (bicyclic) bond motifs is 8. The molecule has 0 N–H and O–H groups in total. The fourth-order valence-corrected chi connectivity index (χ4v) is 9.47. The molecule has 2 aliphatic carbocycles. The predicted octanol–water partition coefficient (Wildman–Crippen LogP) is 14.3. The van der Waals surface area contributed by atoms with Gasteiger partial charge >= 0.3 is 0 Å². The number of anilines is 3. The third-order valence-electron chi connectivity index (χ3n) is 12.0. The van der Waals surface area contributed by atoms with Gasteiger partial charge in [0.05, 0.1) is 5.69 Å². The molecule has 0 aromatic heterocycles. The number of hydrogen-bond donors (Lipinski definition) is 0. The monoisotopic (exact) mass is 679 g/mol. The Morgan fingerprint density at radius 3 is 1.60 bits per heavy atom. The Labute approximate surface area is 312 Å². The summed E-state index contributed by atoms with van der Waals surface area (Å²) in [6.07, 6.45) is 0. The topological polar surface area (TPSA) is 3.24 Å². The lowest BCUT2D eigenvalue weighted by Gasteiger charge is -2.31. The van der Waals surface area contributed by atoms with Crippen LogP contribution in [0.3, 0.4) is 0 Å². The minimum absolute atomic E-state index is 0.116. The molecule has 1 nitrogen and oxygen atoms in total. The number of rotatable bonds is 5. The van der Waals surface area contributed by atoms with Crippen LogP contribution in [0, 0.1) is 0 Å². The zero-order valence-electron chi connectivity index (χ0n) is 30.7. The van der Waals surface area contributed by atoms with Crippen molar-refractivity contribution >= 4 is 27.8 Å². The maximum absolute atomic E-state index is 2.50. The largest absolute Gasteiger partial charge is 0.310 e. The van der Waals surface area contributed by atoms with Gasteiger partial charge in [-0.15, -0.1) is 0 Å². The third-order valence-corrected chi connectivity index (χ3v) is 12.0. The van der Waals surface area contributed by atoms with Crippen LogP contribution in [0.25, 0.3) is 55.3 Å². The summed E-state index contributed by atoms with van der Waals surface area (Å²) < 4.78 is 0.